The predicted octanol–water partition coefficient (Wildman–Crippen LogP) is -1.65. The third-order valence-corrected chi connectivity index (χ3v) is 2.77. The van der Waals surface area contributed by atoms with Crippen molar-refractivity contribution >= 4 is 17.7 Å². The number of amides is 3. The monoisotopic (exact) mass is 265 g/mol. The van der Waals surface area contributed by atoms with Gasteiger partial charge in [0, 0.05) is 0 Å². The maximum atomic E-state index is 11.5. The molecule has 7 N–H and O–H groups in total. The standard InChI is InChI=1S/C12H15N3O4/c13-8(16)6-12(19,11(15)18)9(10(14)17)7-4-2-1-3-5-7/h1-5,9,19H,6H2,(H2,13,16)(H2,14,17)(H2,15,18). The van der Waals surface area contributed by atoms with Gasteiger partial charge in [-0.1, -0.05) is 30.3 Å². The molecule has 7 heteroatoms. The smallest absolute Gasteiger partial charge is 0.251 e. The molecule has 0 aromatic heterocycles. The van der Waals surface area contributed by atoms with E-state index in [1.807, 2.05) is 0 Å². The van der Waals surface area contributed by atoms with Crippen molar-refractivity contribution in [1.29, 1.82) is 0 Å². The van der Waals surface area contributed by atoms with Crippen LogP contribution in [0.25, 0.3) is 0 Å². The summed E-state index contributed by atoms with van der Waals surface area (Å²) in [5.41, 5.74) is 13.1. The molecule has 102 valence electrons. The first-order valence-electron chi connectivity index (χ1n) is 5.44. The lowest BCUT2D eigenvalue weighted by Gasteiger charge is -2.30. The van der Waals surface area contributed by atoms with Gasteiger partial charge in [0.2, 0.25) is 11.8 Å². The molecule has 0 radical (unpaired) electrons. The van der Waals surface area contributed by atoms with Crippen LogP contribution >= 0.6 is 0 Å². The van der Waals surface area contributed by atoms with Gasteiger partial charge < -0.3 is 22.3 Å². The SMILES string of the molecule is NC(=O)CC(O)(C(N)=O)C(C(N)=O)c1ccccc1. The zero-order valence-corrected chi connectivity index (χ0v) is 10.1. The van der Waals surface area contributed by atoms with Gasteiger partial charge >= 0.3 is 0 Å². The van der Waals surface area contributed by atoms with E-state index in [4.69, 9.17) is 17.2 Å². The van der Waals surface area contributed by atoms with E-state index in [2.05, 4.69) is 0 Å². The number of carbonyl (C=O) groups is 3. The average molecular weight is 265 g/mol. The lowest BCUT2D eigenvalue weighted by Crippen LogP contribution is -2.54. The molecule has 1 rings (SSSR count). The maximum Gasteiger partial charge on any atom is 0.251 e. The molecule has 2 atom stereocenters. The lowest BCUT2D eigenvalue weighted by molar-refractivity contribution is -0.148. The second-order valence-electron chi connectivity index (χ2n) is 4.18. The first-order valence-corrected chi connectivity index (χ1v) is 5.44. The summed E-state index contributed by atoms with van der Waals surface area (Å²) in [4.78, 5) is 33.9. The van der Waals surface area contributed by atoms with Crippen molar-refractivity contribution in [2.24, 2.45) is 17.2 Å². The summed E-state index contributed by atoms with van der Waals surface area (Å²) in [6.07, 6.45) is -0.787. The Morgan fingerprint density at radius 2 is 1.63 bits per heavy atom. The summed E-state index contributed by atoms with van der Waals surface area (Å²) in [5.74, 6) is -4.63. The highest BCUT2D eigenvalue weighted by Gasteiger charge is 2.47. The Balaban J connectivity index is 3.33. The van der Waals surface area contributed by atoms with Crippen LogP contribution < -0.4 is 17.2 Å². The van der Waals surface area contributed by atoms with Crippen molar-refractivity contribution in [3.05, 3.63) is 35.9 Å². The van der Waals surface area contributed by atoms with Crippen molar-refractivity contribution in [2.75, 3.05) is 0 Å². The molecule has 0 bridgehead atoms. The van der Waals surface area contributed by atoms with E-state index in [1.54, 1.807) is 18.2 Å². The maximum absolute atomic E-state index is 11.5. The third kappa shape index (κ3) is 3.08. The number of hydrogen-bond donors (Lipinski definition) is 4. The van der Waals surface area contributed by atoms with Crippen LogP contribution in [0.15, 0.2) is 30.3 Å². The number of rotatable bonds is 6. The molecule has 7 nitrogen and oxygen atoms in total. The molecule has 0 aliphatic rings. The predicted molar refractivity (Wildman–Crippen MR) is 66.3 cm³/mol. The van der Waals surface area contributed by atoms with Crippen molar-refractivity contribution < 1.29 is 19.5 Å². The molecule has 0 aliphatic carbocycles. The third-order valence-electron chi connectivity index (χ3n) is 2.77. The van der Waals surface area contributed by atoms with Gasteiger partial charge in [0.1, 0.15) is 5.92 Å². The van der Waals surface area contributed by atoms with E-state index in [9.17, 15) is 19.5 Å². The van der Waals surface area contributed by atoms with Crippen molar-refractivity contribution in [3.8, 4) is 0 Å². The highest BCUT2D eigenvalue weighted by molar-refractivity contribution is 5.97. The fourth-order valence-electron chi connectivity index (χ4n) is 1.92. The number of hydrogen-bond acceptors (Lipinski definition) is 4. The molecule has 0 heterocycles. The zero-order valence-electron chi connectivity index (χ0n) is 10.1. The first kappa shape index (κ1) is 14.7. The highest BCUT2D eigenvalue weighted by atomic mass is 16.3. The van der Waals surface area contributed by atoms with Crippen LogP contribution in [-0.2, 0) is 14.4 Å². The summed E-state index contributed by atoms with van der Waals surface area (Å²) in [6, 6.07) is 7.85. The molecule has 2 unspecified atom stereocenters. The van der Waals surface area contributed by atoms with Gasteiger partial charge in [0.25, 0.3) is 5.91 Å². The molecular weight excluding hydrogens is 250 g/mol. The van der Waals surface area contributed by atoms with Gasteiger partial charge in [-0.3, -0.25) is 14.4 Å². The highest BCUT2D eigenvalue weighted by Crippen LogP contribution is 2.31. The first-order chi connectivity index (χ1) is 8.79. The van der Waals surface area contributed by atoms with Gasteiger partial charge in [0.05, 0.1) is 6.42 Å². The number of primary amides is 3. The fourth-order valence-corrected chi connectivity index (χ4v) is 1.92. The van der Waals surface area contributed by atoms with Crippen LogP contribution in [0.1, 0.15) is 17.9 Å². The minimum absolute atomic E-state index is 0.276. The fraction of sp³-hybridized carbons (Fsp3) is 0.250. The Labute approximate surface area is 109 Å². The second-order valence-corrected chi connectivity index (χ2v) is 4.18. The van der Waals surface area contributed by atoms with E-state index < -0.39 is 35.7 Å². The number of carbonyl (C=O) groups excluding carboxylic acids is 3. The largest absolute Gasteiger partial charge is 0.378 e. The normalized spacial score (nSPS) is 15.2. The van der Waals surface area contributed by atoms with E-state index >= 15 is 0 Å². The van der Waals surface area contributed by atoms with E-state index in [-0.39, 0.29) is 5.56 Å². The molecule has 0 saturated carbocycles. The Morgan fingerprint density at radius 3 is 2.00 bits per heavy atom. The van der Waals surface area contributed by atoms with Crippen LogP contribution in [0.5, 0.6) is 0 Å². The summed E-state index contributed by atoms with van der Waals surface area (Å²) >= 11 is 0. The molecule has 3 amide bonds. The van der Waals surface area contributed by atoms with Crippen molar-refractivity contribution in [3.63, 3.8) is 0 Å². The van der Waals surface area contributed by atoms with E-state index in [1.165, 1.54) is 12.1 Å². The Morgan fingerprint density at radius 1 is 1.11 bits per heavy atom. The van der Waals surface area contributed by atoms with Crippen molar-refractivity contribution in [2.45, 2.75) is 17.9 Å². The van der Waals surface area contributed by atoms with Gasteiger partial charge in [-0.2, -0.15) is 0 Å². The van der Waals surface area contributed by atoms with Gasteiger partial charge in [-0.05, 0) is 5.56 Å². The minimum atomic E-state index is -2.45. The lowest BCUT2D eigenvalue weighted by atomic mass is 9.78. The molecule has 0 fully saturated rings. The Hall–Kier alpha value is -2.41. The van der Waals surface area contributed by atoms with Crippen LogP contribution in [0.4, 0.5) is 0 Å². The van der Waals surface area contributed by atoms with Gasteiger partial charge in [-0.25, -0.2) is 0 Å². The Kier molecular flexibility index (Phi) is 4.23. The number of benzene rings is 1. The van der Waals surface area contributed by atoms with Crippen LogP contribution in [0.3, 0.4) is 0 Å². The van der Waals surface area contributed by atoms with Crippen molar-refractivity contribution in [1.82, 2.24) is 0 Å². The van der Waals surface area contributed by atoms with E-state index in [0.717, 1.165) is 0 Å². The second kappa shape index (κ2) is 5.49. The summed E-state index contributed by atoms with van der Waals surface area (Å²) < 4.78 is 0. The molecule has 19 heavy (non-hydrogen) atoms. The quantitative estimate of drug-likeness (QED) is 0.487. The minimum Gasteiger partial charge on any atom is -0.378 e. The molecular formula is C12H15N3O4. The molecule has 1 aromatic carbocycles. The molecule has 1 aromatic rings. The number of aliphatic hydroxyl groups is 1. The van der Waals surface area contributed by atoms with Crippen LogP contribution in [0.2, 0.25) is 0 Å². The van der Waals surface area contributed by atoms with E-state index in [0.29, 0.717) is 0 Å². The molecule has 0 spiro atoms. The molecule has 0 aliphatic heterocycles. The van der Waals surface area contributed by atoms with Crippen LogP contribution in [0, 0.1) is 0 Å². The number of nitrogens with two attached hydrogens (primary N) is 3. The van der Waals surface area contributed by atoms with Gasteiger partial charge in [-0.15, -0.1) is 0 Å². The topological polar surface area (TPSA) is 150 Å². The average Bonchev–Trinajstić information content (AvgIpc) is 2.28. The van der Waals surface area contributed by atoms with Crippen LogP contribution in [-0.4, -0.2) is 28.4 Å². The van der Waals surface area contributed by atoms with Gasteiger partial charge in [0.15, 0.2) is 5.60 Å². The summed E-state index contributed by atoms with van der Waals surface area (Å²) in [7, 11) is 0. The Bertz CT molecular complexity index is 503. The zero-order chi connectivity index (χ0) is 14.6. The summed E-state index contributed by atoms with van der Waals surface area (Å²) in [5, 5.41) is 10.3. The summed E-state index contributed by atoms with van der Waals surface area (Å²) in [6.45, 7) is 0. The molecule has 0 saturated heterocycles.